The van der Waals surface area contributed by atoms with E-state index in [0.29, 0.717) is 5.78 Å². The van der Waals surface area contributed by atoms with E-state index < -0.39 is 5.97 Å². The number of aromatic nitrogens is 3. The highest BCUT2D eigenvalue weighted by Crippen LogP contribution is 2.24. The number of hydrogen-bond acceptors (Lipinski definition) is 2. The SMILES string of the molecule is Cc1cc(C)c2nc3[nH]c(C)c(CC(=O)O)n3c2c1. The molecule has 2 N–H and O–H groups in total. The molecule has 0 fully saturated rings. The molecule has 3 rings (SSSR count). The number of carboxylic acids is 1. The number of aryl methyl sites for hydroxylation is 3. The maximum absolute atomic E-state index is 11.0. The molecular formula is C14H15N3O2. The van der Waals surface area contributed by atoms with E-state index in [1.54, 1.807) is 0 Å². The zero-order valence-electron chi connectivity index (χ0n) is 11.1. The summed E-state index contributed by atoms with van der Waals surface area (Å²) in [7, 11) is 0. The number of aliphatic carboxylic acids is 1. The van der Waals surface area contributed by atoms with Crippen molar-refractivity contribution >= 4 is 22.8 Å². The number of rotatable bonds is 2. The number of imidazole rings is 2. The van der Waals surface area contributed by atoms with Crippen molar-refractivity contribution in [3.05, 3.63) is 34.6 Å². The van der Waals surface area contributed by atoms with Crippen LogP contribution in [0.3, 0.4) is 0 Å². The first-order valence-electron chi connectivity index (χ1n) is 6.16. The molecular weight excluding hydrogens is 242 g/mol. The molecule has 1 aromatic carbocycles. The van der Waals surface area contributed by atoms with E-state index >= 15 is 0 Å². The smallest absolute Gasteiger partial charge is 0.309 e. The van der Waals surface area contributed by atoms with Crippen LogP contribution in [0.15, 0.2) is 12.1 Å². The van der Waals surface area contributed by atoms with Crippen molar-refractivity contribution in [3.8, 4) is 0 Å². The van der Waals surface area contributed by atoms with Gasteiger partial charge in [0, 0.05) is 5.69 Å². The van der Waals surface area contributed by atoms with Crippen molar-refractivity contribution in [1.29, 1.82) is 0 Å². The van der Waals surface area contributed by atoms with Crippen LogP contribution in [-0.4, -0.2) is 25.4 Å². The molecule has 0 spiro atoms. The lowest BCUT2D eigenvalue weighted by Crippen LogP contribution is -2.04. The molecule has 19 heavy (non-hydrogen) atoms. The van der Waals surface area contributed by atoms with E-state index in [1.807, 2.05) is 31.2 Å². The second-order valence-corrected chi connectivity index (χ2v) is 4.99. The van der Waals surface area contributed by atoms with Crippen LogP contribution in [0, 0.1) is 20.8 Å². The van der Waals surface area contributed by atoms with Gasteiger partial charge < -0.3 is 10.1 Å². The summed E-state index contributed by atoms with van der Waals surface area (Å²) in [6.07, 6.45) is -0.00964. The Kier molecular flexibility index (Phi) is 2.38. The standard InChI is InChI=1S/C14H15N3O2/c1-7-4-8(2)13-11(5-7)17-10(6-12(18)19)9(3)15-14(17)16-13/h4-5H,6H2,1-3H3,(H,15,16)(H,18,19). The maximum Gasteiger partial charge on any atom is 0.309 e. The summed E-state index contributed by atoms with van der Waals surface area (Å²) in [5, 5.41) is 9.04. The van der Waals surface area contributed by atoms with E-state index in [4.69, 9.17) is 5.11 Å². The van der Waals surface area contributed by atoms with Gasteiger partial charge in [-0.3, -0.25) is 9.20 Å². The van der Waals surface area contributed by atoms with Gasteiger partial charge in [0.25, 0.3) is 0 Å². The summed E-state index contributed by atoms with van der Waals surface area (Å²) in [5.41, 5.74) is 5.75. The Hall–Kier alpha value is -2.30. The lowest BCUT2D eigenvalue weighted by atomic mass is 10.1. The number of carbonyl (C=O) groups is 1. The minimum atomic E-state index is -0.838. The number of nitrogens with zero attached hydrogens (tertiary/aromatic N) is 2. The third kappa shape index (κ3) is 1.69. The fourth-order valence-electron chi connectivity index (χ4n) is 2.64. The molecule has 0 radical (unpaired) electrons. The van der Waals surface area contributed by atoms with Crippen molar-refractivity contribution in [2.75, 3.05) is 0 Å². The van der Waals surface area contributed by atoms with Crippen LogP contribution in [0.4, 0.5) is 0 Å². The second-order valence-electron chi connectivity index (χ2n) is 4.99. The van der Waals surface area contributed by atoms with E-state index in [1.165, 1.54) is 0 Å². The number of aromatic amines is 1. The highest BCUT2D eigenvalue weighted by molar-refractivity contribution is 5.84. The van der Waals surface area contributed by atoms with Crippen molar-refractivity contribution < 1.29 is 9.90 Å². The Bertz CT molecular complexity index is 811. The molecule has 2 heterocycles. The zero-order valence-corrected chi connectivity index (χ0v) is 11.1. The van der Waals surface area contributed by atoms with Gasteiger partial charge in [-0.2, -0.15) is 0 Å². The van der Waals surface area contributed by atoms with Gasteiger partial charge in [-0.15, -0.1) is 0 Å². The Morgan fingerprint density at radius 3 is 2.79 bits per heavy atom. The molecule has 2 aromatic heterocycles. The van der Waals surface area contributed by atoms with Gasteiger partial charge in [0.2, 0.25) is 5.78 Å². The van der Waals surface area contributed by atoms with Gasteiger partial charge in [0.05, 0.1) is 23.1 Å². The Morgan fingerprint density at radius 1 is 1.37 bits per heavy atom. The summed E-state index contributed by atoms with van der Waals surface area (Å²) in [4.78, 5) is 18.7. The fourth-order valence-corrected chi connectivity index (χ4v) is 2.64. The predicted octanol–water partition coefficient (Wildman–Crippen LogP) is 2.37. The van der Waals surface area contributed by atoms with Gasteiger partial charge in [0.15, 0.2) is 0 Å². The Labute approximate surface area is 109 Å². The molecule has 5 nitrogen and oxygen atoms in total. The fraction of sp³-hybridized carbons (Fsp3) is 0.286. The summed E-state index contributed by atoms with van der Waals surface area (Å²) in [5.74, 6) is -0.132. The summed E-state index contributed by atoms with van der Waals surface area (Å²) in [6.45, 7) is 5.93. The first kappa shape index (κ1) is 11.8. The molecule has 0 aliphatic heterocycles. The number of carboxylic acid groups (broad SMARTS) is 1. The van der Waals surface area contributed by atoms with Crippen LogP contribution in [0.1, 0.15) is 22.5 Å². The lowest BCUT2D eigenvalue weighted by Gasteiger charge is -2.02. The topological polar surface area (TPSA) is 70.4 Å². The first-order chi connectivity index (χ1) is 8.97. The maximum atomic E-state index is 11.0. The summed E-state index contributed by atoms with van der Waals surface area (Å²) in [6, 6.07) is 4.12. The third-order valence-electron chi connectivity index (χ3n) is 3.42. The largest absolute Gasteiger partial charge is 0.481 e. The molecule has 0 aliphatic carbocycles. The molecule has 0 unspecified atom stereocenters. The molecule has 0 saturated heterocycles. The number of H-pyrrole nitrogens is 1. The molecule has 0 aliphatic rings. The first-order valence-corrected chi connectivity index (χ1v) is 6.16. The molecule has 0 atom stereocenters. The van der Waals surface area contributed by atoms with Crippen LogP contribution < -0.4 is 0 Å². The Morgan fingerprint density at radius 2 is 2.11 bits per heavy atom. The molecule has 0 amide bonds. The van der Waals surface area contributed by atoms with Crippen molar-refractivity contribution in [1.82, 2.24) is 14.4 Å². The van der Waals surface area contributed by atoms with Crippen molar-refractivity contribution in [2.24, 2.45) is 0 Å². The zero-order chi connectivity index (χ0) is 13.7. The predicted molar refractivity (Wildman–Crippen MR) is 72.6 cm³/mol. The molecule has 0 saturated carbocycles. The molecule has 0 bridgehead atoms. The minimum absolute atomic E-state index is 0.00964. The summed E-state index contributed by atoms with van der Waals surface area (Å²) < 4.78 is 1.92. The third-order valence-corrected chi connectivity index (χ3v) is 3.42. The van der Waals surface area contributed by atoms with Gasteiger partial charge >= 0.3 is 5.97 Å². The van der Waals surface area contributed by atoms with E-state index in [2.05, 4.69) is 16.0 Å². The average Bonchev–Trinajstić information content (AvgIpc) is 2.77. The van der Waals surface area contributed by atoms with E-state index in [9.17, 15) is 4.79 Å². The number of hydrogen-bond donors (Lipinski definition) is 2. The monoisotopic (exact) mass is 257 g/mol. The summed E-state index contributed by atoms with van der Waals surface area (Å²) >= 11 is 0. The Balaban J connectivity index is 2.43. The normalized spacial score (nSPS) is 11.5. The van der Waals surface area contributed by atoms with Crippen molar-refractivity contribution in [2.45, 2.75) is 27.2 Å². The quantitative estimate of drug-likeness (QED) is 0.740. The lowest BCUT2D eigenvalue weighted by molar-refractivity contribution is -0.136. The number of nitrogens with one attached hydrogen (secondary N) is 1. The molecule has 5 heteroatoms. The second kappa shape index (κ2) is 3.85. The van der Waals surface area contributed by atoms with E-state index in [-0.39, 0.29) is 6.42 Å². The van der Waals surface area contributed by atoms with E-state index in [0.717, 1.165) is 33.5 Å². The van der Waals surface area contributed by atoms with Crippen LogP contribution in [0.5, 0.6) is 0 Å². The van der Waals surface area contributed by atoms with Gasteiger partial charge in [-0.25, -0.2) is 4.98 Å². The van der Waals surface area contributed by atoms with Gasteiger partial charge in [-0.05, 0) is 38.0 Å². The van der Waals surface area contributed by atoms with Gasteiger partial charge in [0.1, 0.15) is 0 Å². The highest BCUT2D eigenvalue weighted by Gasteiger charge is 2.17. The van der Waals surface area contributed by atoms with Crippen LogP contribution in [0.2, 0.25) is 0 Å². The van der Waals surface area contributed by atoms with Gasteiger partial charge in [-0.1, -0.05) is 6.07 Å². The number of fused-ring (bicyclic) bond motifs is 3. The molecule has 3 aromatic rings. The highest BCUT2D eigenvalue weighted by atomic mass is 16.4. The molecule has 98 valence electrons. The minimum Gasteiger partial charge on any atom is -0.481 e. The number of benzene rings is 1. The van der Waals surface area contributed by atoms with Crippen LogP contribution in [-0.2, 0) is 11.2 Å². The van der Waals surface area contributed by atoms with Crippen molar-refractivity contribution in [3.63, 3.8) is 0 Å². The average molecular weight is 257 g/mol. The van der Waals surface area contributed by atoms with Crippen LogP contribution >= 0.6 is 0 Å². The van der Waals surface area contributed by atoms with Crippen LogP contribution in [0.25, 0.3) is 16.8 Å².